The molecule has 0 saturated carbocycles. The molecule has 5 rings (SSSR count). The topological polar surface area (TPSA) is 18.5 Å². The van der Waals surface area contributed by atoms with Crippen molar-refractivity contribution in [3.05, 3.63) is 102 Å². The van der Waals surface area contributed by atoms with E-state index < -0.39 is 40.0 Å². The third kappa shape index (κ3) is 5.30. The molecule has 0 bridgehead atoms. The van der Waals surface area contributed by atoms with E-state index in [2.05, 4.69) is 23.7 Å². The molecule has 1 aliphatic rings. The first-order valence-electron chi connectivity index (χ1n) is 12.7. The van der Waals surface area contributed by atoms with Crippen molar-refractivity contribution in [2.45, 2.75) is 31.6 Å². The highest BCUT2D eigenvalue weighted by atomic mass is 32.1. The lowest BCUT2D eigenvalue weighted by atomic mass is 9.95. The maximum absolute atomic E-state index is 15.4. The van der Waals surface area contributed by atoms with Crippen LogP contribution in [0.3, 0.4) is 0 Å². The number of alkyl halides is 6. The lowest BCUT2D eigenvalue weighted by Crippen LogP contribution is -2.48. The van der Waals surface area contributed by atoms with E-state index in [1.807, 2.05) is 0 Å². The van der Waals surface area contributed by atoms with Crippen molar-refractivity contribution < 1.29 is 35.8 Å². The van der Waals surface area contributed by atoms with Gasteiger partial charge in [0.25, 0.3) is 0 Å². The SMILES string of the molecule is COc1ccc(C#Cc2cc(C3=C(c4cc(C#Cc5ccc(OC)cc5)sc4C)C(F)(F)C(F)(F)C3(F)F)c(C)s2)cc1. The summed E-state index contributed by atoms with van der Waals surface area (Å²) in [5, 5.41) is 0. The molecule has 0 saturated heterocycles. The fourth-order valence-corrected chi connectivity index (χ4v) is 6.39. The molecule has 0 N–H and O–H groups in total. The highest BCUT2D eigenvalue weighted by Crippen LogP contribution is 2.65. The van der Waals surface area contributed by atoms with Crippen LogP contribution in [-0.4, -0.2) is 32.0 Å². The molecule has 4 aromatic rings. The van der Waals surface area contributed by atoms with E-state index in [0.717, 1.165) is 22.7 Å². The Balaban J connectivity index is 1.61. The number of halogens is 6. The molecule has 0 fully saturated rings. The minimum absolute atomic E-state index is 0.159. The Labute approximate surface area is 252 Å². The largest absolute Gasteiger partial charge is 0.497 e. The number of allylic oxidation sites excluding steroid dienone is 2. The van der Waals surface area contributed by atoms with E-state index in [-0.39, 0.29) is 19.5 Å². The summed E-state index contributed by atoms with van der Waals surface area (Å²) in [6.07, 6.45) is 0. The van der Waals surface area contributed by atoms with Gasteiger partial charge in [-0.3, -0.25) is 0 Å². The van der Waals surface area contributed by atoms with Gasteiger partial charge in [0, 0.05) is 32.0 Å². The van der Waals surface area contributed by atoms with E-state index in [9.17, 15) is 8.78 Å². The van der Waals surface area contributed by atoms with E-state index in [1.165, 1.54) is 40.2 Å². The highest BCUT2D eigenvalue weighted by molar-refractivity contribution is 7.13. The van der Waals surface area contributed by atoms with E-state index >= 15 is 17.6 Å². The summed E-state index contributed by atoms with van der Waals surface area (Å²) in [6, 6.07) is 15.9. The van der Waals surface area contributed by atoms with Gasteiger partial charge >= 0.3 is 17.8 Å². The number of ether oxygens (including phenoxy) is 2. The van der Waals surface area contributed by atoms with E-state index in [0.29, 0.717) is 22.6 Å². The maximum Gasteiger partial charge on any atom is 0.380 e. The minimum atomic E-state index is -5.66. The van der Waals surface area contributed by atoms with Gasteiger partial charge in [-0.05, 0) is 85.6 Å². The molecular weight excluding hydrogens is 606 g/mol. The van der Waals surface area contributed by atoms with Gasteiger partial charge in [0.05, 0.1) is 24.0 Å². The van der Waals surface area contributed by atoms with Crippen LogP contribution >= 0.6 is 22.7 Å². The van der Waals surface area contributed by atoms with Crippen LogP contribution in [0.25, 0.3) is 11.1 Å². The fraction of sp³-hybridized carbons (Fsp3) is 0.212. The molecule has 2 nitrogen and oxygen atoms in total. The van der Waals surface area contributed by atoms with Crippen LogP contribution in [0.2, 0.25) is 0 Å². The van der Waals surface area contributed by atoms with Crippen LogP contribution in [0.5, 0.6) is 11.5 Å². The predicted molar refractivity (Wildman–Crippen MR) is 158 cm³/mol. The van der Waals surface area contributed by atoms with Gasteiger partial charge in [-0.15, -0.1) is 22.7 Å². The molecule has 0 radical (unpaired) electrons. The summed E-state index contributed by atoms with van der Waals surface area (Å²) >= 11 is 1.92. The van der Waals surface area contributed by atoms with E-state index in [4.69, 9.17) is 9.47 Å². The normalized spacial score (nSPS) is 16.2. The first-order chi connectivity index (χ1) is 20.3. The van der Waals surface area contributed by atoms with Crippen molar-refractivity contribution in [2.75, 3.05) is 14.2 Å². The van der Waals surface area contributed by atoms with Gasteiger partial charge in [-0.1, -0.05) is 23.7 Å². The summed E-state index contributed by atoms with van der Waals surface area (Å²) < 4.78 is 102. The molecule has 0 amide bonds. The monoisotopic (exact) mass is 628 g/mol. The quantitative estimate of drug-likeness (QED) is 0.166. The van der Waals surface area contributed by atoms with Gasteiger partial charge in [0.1, 0.15) is 11.5 Å². The summed E-state index contributed by atoms with van der Waals surface area (Å²) in [5.74, 6) is -3.34. The molecule has 0 aliphatic heterocycles. The lowest BCUT2D eigenvalue weighted by molar-refractivity contribution is -0.254. The third-order valence-electron chi connectivity index (χ3n) is 6.88. The predicted octanol–water partition coefficient (Wildman–Crippen LogP) is 9.07. The lowest BCUT2D eigenvalue weighted by Gasteiger charge is -2.25. The Bertz CT molecular complexity index is 1710. The van der Waals surface area contributed by atoms with Crippen LogP contribution in [-0.2, 0) is 0 Å². The van der Waals surface area contributed by atoms with Crippen molar-refractivity contribution in [1.82, 2.24) is 0 Å². The molecule has 2 heterocycles. The van der Waals surface area contributed by atoms with E-state index in [1.54, 1.807) is 48.5 Å². The molecule has 10 heteroatoms. The molecule has 2 aromatic heterocycles. The van der Waals surface area contributed by atoms with Gasteiger partial charge in [0.15, 0.2) is 0 Å². The summed E-state index contributed by atoms with van der Waals surface area (Å²) in [4.78, 5) is 0.842. The second-order valence-electron chi connectivity index (χ2n) is 9.59. The zero-order valence-corrected chi connectivity index (χ0v) is 24.8. The van der Waals surface area contributed by atoms with Crippen molar-refractivity contribution in [3.8, 4) is 35.2 Å². The summed E-state index contributed by atoms with van der Waals surface area (Å²) in [6.45, 7) is 2.83. The number of rotatable bonds is 4. The van der Waals surface area contributed by atoms with Gasteiger partial charge < -0.3 is 9.47 Å². The van der Waals surface area contributed by atoms with Crippen molar-refractivity contribution in [3.63, 3.8) is 0 Å². The smallest absolute Gasteiger partial charge is 0.380 e. The number of thiophene rings is 2. The van der Waals surface area contributed by atoms with Crippen molar-refractivity contribution >= 4 is 33.8 Å². The van der Waals surface area contributed by atoms with Crippen LogP contribution in [0.15, 0.2) is 60.7 Å². The van der Waals surface area contributed by atoms with Gasteiger partial charge in [0.2, 0.25) is 0 Å². The number of benzene rings is 2. The molecule has 0 unspecified atom stereocenters. The molecular formula is C33H22F6O2S2. The zero-order valence-electron chi connectivity index (χ0n) is 23.2. The number of methoxy groups -OCH3 is 2. The van der Waals surface area contributed by atoms with Crippen LogP contribution in [0.4, 0.5) is 26.3 Å². The molecule has 0 atom stereocenters. The van der Waals surface area contributed by atoms with Gasteiger partial charge in [-0.2, -0.15) is 26.3 Å². The van der Waals surface area contributed by atoms with Crippen molar-refractivity contribution in [2.24, 2.45) is 0 Å². The Morgan fingerprint density at radius 2 is 0.907 bits per heavy atom. The molecule has 43 heavy (non-hydrogen) atoms. The molecule has 220 valence electrons. The molecule has 1 aliphatic carbocycles. The second-order valence-corrected chi connectivity index (χ2v) is 12.1. The minimum Gasteiger partial charge on any atom is -0.497 e. The fourth-order valence-electron chi connectivity index (χ4n) is 4.63. The third-order valence-corrected chi connectivity index (χ3v) is 8.81. The maximum atomic E-state index is 15.4. The molecule has 2 aromatic carbocycles. The van der Waals surface area contributed by atoms with Crippen molar-refractivity contribution in [1.29, 1.82) is 0 Å². The first-order valence-corrected chi connectivity index (χ1v) is 14.4. The Hall–Kier alpha value is -4.12. The average Bonchev–Trinajstić information content (AvgIpc) is 3.56. The standard InChI is InChI=1S/C33H22F6O2S2/c1-19-27(17-25(42-19)15-9-21-5-11-23(40-3)12-6-21)29-30(32(36,37)33(38,39)31(29,34)35)28-18-26(43-20(28)2)16-10-22-7-13-24(41-4)14-8-22/h5-8,11-14,17-18H,1-4H3. The van der Waals surface area contributed by atoms with Crippen LogP contribution in [0, 0.1) is 37.5 Å². The van der Waals surface area contributed by atoms with Crippen LogP contribution < -0.4 is 9.47 Å². The number of hydrogen-bond acceptors (Lipinski definition) is 4. The van der Waals surface area contributed by atoms with Gasteiger partial charge in [-0.25, -0.2) is 0 Å². The first kappa shape index (κ1) is 30.3. The second kappa shape index (κ2) is 11.2. The Morgan fingerprint density at radius 1 is 0.558 bits per heavy atom. The number of aryl methyl sites for hydroxylation is 2. The molecule has 0 spiro atoms. The zero-order chi connectivity index (χ0) is 31.2. The summed E-state index contributed by atoms with van der Waals surface area (Å²) in [7, 11) is 3.03. The van der Waals surface area contributed by atoms with Crippen LogP contribution in [0.1, 0.15) is 41.8 Å². The number of hydrogen-bond donors (Lipinski definition) is 0. The highest BCUT2D eigenvalue weighted by Gasteiger charge is 2.80. The average molecular weight is 629 g/mol. The Kier molecular flexibility index (Phi) is 7.89. The Morgan fingerprint density at radius 3 is 1.23 bits per heavy atom. The summed E-state index contributed by atoms with van der Waals surface area (Å²) in [5.41, 5.74) is -2.40.